The summed E-state index contributed by atoms with van der Waals surface area (Å²) in [4.78, 5) is 12.7. The van der Waals surface area contributed by atoms with E-state index < -0.39 is 17.6 Å². The fourth-order valence-electron chi connectivity index (χ4n) is 2.99. The van der Waals surface area contributed by atoms with Crippen LogP contribution in [0.1, 0.15) is 16.7 Å². The summed E-state index contributed by atoms with van der Waals surface area (Å²) in [6.07, 6.45) is -3.37. The van der Waals surface area contributed by atoms with E-state index >= 15 is 0 Å². The van der Waals surface area contributed by atoms with Crippen LogP contribution in [0, 0.1) is 11.3 Å². The van der Waals surface area contributed by atoms with Gasteiger partial charge in [0, 0.05) is 10.0 Å². The fourth-order valence-corrected chi connectivity index (χ4v) is 3.42. The van der Waals surface area contributed by atoms with Crippen molar-refractivity contribution in [1.29, 1.82) is 5.26 Å². The Labute approximate surface area is 212 Å². The Balaban J connectivity index is 1.90. The second-order valence-electron chi connectivity index (χ2n) is 7.11. The molecule has 0 atom stereocenters. The van der Waals surface area contributed by atoms with Crippen LogP contribution < -0.4 is 14.8 Å². The Morgan fingerprint density at radius 3 is 2.51 bits per heavy atom. The van der Waals surface area contributed by atoms with Gasteiger partial charge < -0.3 is 14.8 Å². The van der Waals surface area contributed by atoms with Gasteiger partial charge >= 0.3 is 6.18 Å². The molecule has 0 fully saturated rings. The lowest BCUT2D eigenvalue weighted by molar-refractivity contribution is -0.137. The molecule has 0 aliphatic rings. The molecule has 0 spiro atoms. The predicted molar refractivity (Wildman–Crippen MR) is 130 cm³/mol. The molecule has 0 saturated carbocycles. The molecule has 0 saturated heterocycles. The van der Waals surface area contributed by atoms with Gasteiger partial charge in [0.05, 0.1) is 23.4 Å². The molecule has 1 N–H and O–H groups in total. The largest absolute Gasteiger partial charge is 0.493 e. The number of amides is 1. The first-order chi connectivity index (χ1) is 16.6. The van der Waals surface area contributed by atoms with Crippen molar-refractivity contribution in [1.82, 2.24) is 0 Å². The van der Waals surface area contributed by atoms with Gasteiger partial charge in [-0.2, -0.15) is 18.4 Å². The van der Waals surface area contributed by atoms with E-state index in [1.165, 1.54) is 13.2 Å². The Bertz CT molecular complexity index is 1300. The number of rotatable bonds is 7. The van der Waals surface area contributed by atoms with E-state index in [9.17, 15) is 23.2 Å². The number of carbonyl (C=O) groups excluding carboxylic acids is 1. The number of carbonyl (C=O) groups is 1. The number of ether oxygens (including phenoxy) is 2. The van der Waals surface area contributed by atoms with Gasteiger partial charge in [-0.25, -0.2) is 0 Å². The Hall–Kier alpha value is -3.48. The number of nitrogens with one attached hydrogen (secondary N) is 1. The monoisotopic (exact) mass is 564 g/mol. The van der Waals surface area contributed by atoms with Crippen molar-refractivity contribution in [2.45, 2.75) is 12.8 Å². The number of benzene rings is 3. The molecule has 3 aromatic rings. The molecule has 3 aromatic carbocycles. The molecule has 1 amide bonds. The third-order valence-corrected chi connectivity index (χ3v) is 5.59. The first kappa shape index (κ1) is 26.1. The quantitative estimate of drug-likeness (QED) is 0.242. The van der Waals surface area contributed by atoms with Crippen molar-refractivity contribution >= 4 is 45.2 Å². The van der Waals surface area contributed by atoms with Crippen LogP contribution in [-0.2, 0) is 17.6 Å². The SMILES string of the molecule is COc1cccc(/C=C(\C#N)C(=O)Nc2cc(C(F)(F)F)ccc2Cl)c1OCc1ccc(Br)cc1. The van der Waals surface area contributed by atoms with Crippen molar-refractivity contribution in [3.8, 4) is 17.6 Å². The maximum atomic E-state index is 13.0. The summed E-state index contributed by atoms with van der Waals surface area (Å²) in [6, 6.07) is 16.6. The van der Waals surface area contributed by atoms with Gasteiger partial charge in [-0.15, -0.1) is 0 Å². The smallest absolute Gasteiger partial charge is 0.416 e. The van der Waals surface area contributed by atoms with Crippen LogP contribution in [0.3, 0.4) is 0 Å². The topological polar surface area (TPSA) is 71.3 Å². The van der Waals surface area contributed by atoms with Crippen LogP contribution >= 0.6 is 27.5 Å². The van der Waals surface area contributed by atoms with Crippen molar-refractivity contribution in [2.75, 3.05) is 12.4 Å². The highest BCUT2D eigenvalue weighted by Crippen LogP contribution is 2.35. The zero-order chi connectivity index (χ0) is 25.6. The summed E-state index contributed by atoms with van der Waals surface area (Å²) in [6.45, 7) is 0.183. The summed E-state index contributed by atoms with van der Waals surface area (Å²) in [7, 11) is 1.45. The first-order valence-electron chi connectivity index (χ1n) is 9.96. The zero-order valence-corrected chi connectivity index (χ0v) is 20.5. The number of anilines is 1. The van der Waals surface area contributed by atoms with Crippen molar-refractivity contribution in [3.63, 3.8) is 0 Å². The Morgan fingerprint density at radius 1 is 1.17 bits per heavy atom. The van der Waals surface area contributed by atoms with E-state index in [2.05, 4.69) is 21.2 Å². The Morgan fingerprint density at radius 2 is 1.89 bits per heavy atom. The predicted octanol–water partition coefficient (Wildman–Crippen LogP) is 7.25. The van der Waals surface area contributed by atoms with Crippen molar-refractivity contribution < 1.29 is 27.4 Å². The lowest BCUT2D eigenvalue weighted by Crippen LogP contribution is -2.15. The van der Waals surface area contributed by atoms with E-state index in [1.54, 1.807) is 24.3 Å². The van der Waals surface area contributed by atoms with Gasteiger partial charge in [0.2, 0.25) is 0 Å². The third-order valence-electron chi connectivity index (χ3n) is 4.73. The molecular weight excluding hydrogens is 549 g/mol. The number of nitriles is 1. The maximum Gasteiger partial charge on any atom is 0.416 e. The van der Waals surface area contributed by atoms with Gasteiger partial charge in [-0.3, -0.25) is 4.79 Å². The van der Waals surface area contributed by atoms with Gasteiger partial charge in [0.1, 0.15) is 18.2 Å². The minimum absolute atomic E-state index is 0.108. The molecule has 0 aliphatic carbocycles. The van der Waals surface area contributed by atoms with Gasteiger partial charge in [0.15, 0.2) is 11.5 Å². The van der Waals surface area contributed by atoms with Gasteiger partial charge in [-0.1, -0.05) is 51.8 Å². The molecule has 180 valence electrons. The minimum Gasteiger partial charge on any atom is -0.493 e. The number of hydrogen-bond donors (Lipinski definition) is 1. The van der Waals surface area contributed by atoms with Crippen LogP contribution in [0.25, 0.3) is 6.08 Å². The Kier molecular flexibility index (Phi) is 8.43. The first-order valence-corrected chi connectivity index (χ1v) is 11.1. The van der Waals surface area contributed by atoms with E-state index in [0.717, 1.165) is 22.2 Å². The van der Waals surface area contributed by atoms with E-state index in [0.29, 0.717) is 17.4 Å². The second kappa shape index (κ2) is 11.3. The van der Waals surface area contributed by atoms with Crippen LogP contribution in [0.5, 0.6) is 11.5 Å². The fraction of sp³-hybridized carbons (Fsp3) is 0.120. The number of methoxy groups -OCH3 is 1. The van der Waals surface area contributed by atoms with E-state index in [-0.39, 0.29) is 28.6 Å². The highest BCUT2D eigenvalue weighted by atomic mass is 79.9. The highest BCUT2D eigenvalue weighted by Gasteiger charge is 2.31. The summed E-state index contributed by atoms with van der Waals surface area (Å²) in [5, 5.41) is 11.7. The molecule has 5 nitrogen and oxygen atoms in total. The molecule has 10 heteroatoms. The lowest BCUT2D eigenvalue weighted by atomic mass is 10.1. The van der Waals surface area contributed by atoms with Crippen LogP contribution in [0.4, 0.5) is 18.9 Å². The number of halogens is 5. The third kappa shape index (κ3) is 6.78. The van der Waals surface area contributed by atoms with Crippen molar-refractivity contribution in [3.05, 3.63) is 92.4 Å². The molecule has 3 rings (SSSR count). The molecule has 35 heavy (non-hydrogen) atoms. The summed E-state index contributed by atoms with van der Waals surface area (Å²) in [5.74, 6) is -0.277. The molecule has 0 aliphatic heterocycles. The standard InChI is InChI=1S/C25H17BrClF3N2O3/c1-34-22-4-2-3-16(23(22)35-14-15-5-8-19(26)9-6-15)11-17(13-31)24(33)32-21-12-18(25(28,29)30)7-10-20(21)27/h2-12H,14H2,1H3,(H,32,33)/b17-11+. The molecular formula is C25H17BrClF3N2O3. The number of para-hydroxylation sites is 1. The highest BCUT2D eigenvalue weighted by molar-refractivity contribution is 9.10. The summed E-state index contributed by atoms with van der Waals surface area (Å²) < 4.78 is 51.3. The minimum atomic E-state index is -4.63. The maximum absolute atomic E-state index is 13.0. The van der Waals surface area contributed by atoms with E-state index in [1.807, 2.05) is 24.3 Å². The summed E-state index contributed by atoms with van der Waals surface area (Å²) >= 11 is 9.31. The van der Waals surface area contributed by atoms with Gasteiger partial charge in [-0.05, 0) is 48.0 Å². The molecule has 0 unspecified atom stereocenters. The van der Waals surface area contributed by atoms with Crippen LogP contribution in [0.2, 0.25) is 5.02 Å². The molecule has 0 radical (unpaired) electrons. The van der Waals surface area contributed by atoms with Gasteiger partial charge in [0.25, 0.3) is 5.91 Å². The second-order valence-corrected chi connectivity index (χ2v) is 8.43. The van der Waals surface area contributed by atoms with Crippen LogP contribution in [0.15, 0.2) is 70.7 Å². The molecule has 0 aromatic heterocycles. The zero-order valence-electron chi connectivity index (χ0n) is 18.1. The number of nitrogens with zero attached hydrogens (tertiary/aromatic N) is 1. The molecule has 0 heterocycles. The number of hydrogen-bond acceptors (Lipinski definition) is 4. The lowest BCUT2D eigenvalue weighted by Gasteiger charge is -2.14. The van der Waals surface area contributed by atoms with E-state index in [4.69, 9.17) is 21.1 Å². The molecule has 0 bridgehead atoms. The number of alkyl halides is 3. The summed E-state index contributed by atoms with van der Waals surface area (Å²) in [5.41, 5.74) is -0.406. The normalized spacial score (nSPS) is 11.5. The average Bonchev–Trinajstić information content (AvgIpc) is 2.82. The van der Waals surface area contributed by atoms with Crippen molar-refractivity contribution in [2.24, 2.45) is 0 Å². The van der Waals surface area contributed by atoms with Crippen LogP contribution in [-0.4, -0.2) is 13.0 Å². The average molecular weight is 566 g/mol.